The van der Waals surface area contributed by atoms with Crippen molar-refractivity contribution in [2.24, 2.45) is 0 Å². The summed E-state index contributed by atoms with van der Waals surface area (Å²) in [6, 6.07) is 9.82. The first-order valence-corrected chi connectivity index (χ1v) is 6.46. The van der Waals surface area contributed by atoms with Gasteiger partial charge in [-0.3, -0.25) is 0 Å². The van der Waals surface area contributed by atoms with Crippen LogP contribution >= 0.6 is 0 Å². The maximum absolute atomic E-state index is 12.9. The molecule has 0 bridgehead atoms. The van der Waals surface area contributed by atoms with E-state index in [9.17, 15) is 4.39 Å². The Morgan fingerprint density at radius 2 is 1.43 bits per heavy atom. The molecule has 2 aromatic rings. The summed E-state index contributed by atoms with van der Waals surface area (Å²) in [7, 11) is 4.76. The van der Waals surface area contributed by atoms with Gasteiger partial charge in [0.25, 0.3) is 0 Å². The van der Waals surface area contributed by atoms with E-state index in [-0.39, 0.29) is 5.82 Å². The summed E-state index contributed by atoms with van der Waals surface area (Å²) in [5, 5.41) is 3.21. The summed E-state index contributed by atoms with van der Waals surface area (Å²) in [5.41, 5.74) is 1.74. The summed E-state index contributed by atoms with van der Waals surface area (Å²) in [5.74, 6) is 1.68. The van der Waals surface area contributed by atoms with Crippen molar-refractivity contribution in [2.75, 3.05) is 26.6 Å². The minimum absolute atomic E-state index is 0.260. The number of rotatable bonds is 6. The smallest absolute Gasteiger partial charge is 0.164 e. The van der Waals surface area contributed by atoms with Gasteiger partial charge in [-0.2, -0.15) is 0 Å². The number of hydrogen-bond acceptors (Lipinski definition) is 4. The largest absolute Gasteiger partial charge is 0.496 e. The molecule has 0 aromatic heterocycles. The zero-order valence-corrected chi connectivity index (χ0v) is 12.3. The van der Waals surface area contributed by atoms with Gasteiger partial charge in [-0.25, -0.2) is 4.39 Å². The minimum Gasteiger partial charge on any atom is -0.496 e. The molecule has 0 heterocycles. The Bertz CT molecular complexity index is 599. The van der Waals surface area contributed by atoms with Crippen LogP contribution in [0.4, 0.5) is 10.1 Å². The number of methoxy groups -OCH3 is 3. The molecule has 2 aromatic carbocycles. The third-order valence-corrected chi connectivity index (χ3v) is 3.11. The molecule has 0 aliphatic heterocycles. The van der Waals surface area contributed by atoms with Gasteiger partial charge in [-0.05, 0) is 30.3 Å². The first-order chi connectivity index (χ1) is 10.2. The molecule has 0 unspecified atom stereocenters. The van der Waals surface area contributed by atoms with Gasteiger partial charge in [0, 0.05) is 23.9 Å². The van der Waals surface area contributed by atoms with E-state index in [1.807, 2.05) is 6.07 Å². The van der Waals surface area contributed by atoms with Gasteiger partial charge in [0.15, 0.2) is 11.5 Å². The lowest BCUT2D eigenvalue weighted by atomic mass is 10.1. The van der Waals surface area contributed by atoms with Gasteiger partial charge < -0.3 is 19.5 Å². The van der Waals surface area contributed by atoms with Crippen LogP contribution in [0, 0.1) is 5.82 Å². The Morgan fingerprint density at radius 1 is 0.857 bits per heavy atom. The molecule has 4 nitrogen and oxygen atoms in total. The van der Waals surface area contributed by atoms with E-state index < -0.39 is 0 Å². The molecule has 0 radical (unpaired) electrons. The fraction of sp³-hybridized carbons (Fsp3) is 0.250. The van der Waals surface area contributed by atoms with Crippen molar-refractivity contribution in [1.82, 2.24) is 0 Å². The van der Waals surface area contributed by atoms with Crippen LogP contribution in [0.25, 0.3) is 0 Å². The van der Waals surface area contributed by atoms with E-state index in [2.05, 4.69) is 5.32 Å². The predicted octanol–water partition coefficient (Wildman–Crippen LogP) is 3.46. The second kappa shape index (κ2) is 6.83. The van der Waals surface area contributed by atoms with Crippen LogP contribution in [0.15, 0.2) is 36.4 Å². The van der Waals surface area contributed by atoms with Gasteiger partial charge in [0.2, 0.25) is 0 Å². The first kappa shape index (κ1) is 15.0. The number of halogens is 1. The third-order valence-electron chi connectivity index (χ3n) is 3.11. The van der Waals surface area contributed by atoms with Crippen LogP contribution < -0.4 is 19.5 Å². The molecule has 0 atom stereocenters. The molecule has 0 amide bonds. The highest BCUT2D eigenvalue weighted by Crippen LogP contribution is 2.34. The van der Waals surface area contributed by atoms with E-state index in [0.29, 0.717) is 23.8 Å². The highest BCUT2D eigenvalue weighted by Gasteiger charge is 2.11. The van der Waals surface area contributed by atoms with Gasteiger partial charge in [-0.1, -0.05) is 0 Å². The molecular formula is C16H18FNO3. The molecule has 0 saturated carbocycles. The Kier molecular flexibility index (Phi) is 4.87. The molecule has 0 aliphatic rings. The number of nitrogens with one attached hydrogen (secondary N) is 1. The van der Waals surface area contributed by atoms with E-state index >= 15 is 0 Å². The third kappa shape index (κ3) is 3.56. The molecule has 0 aliphatic carbocycles. The second-order valence-corrected chi connectivity index (χ2v) is 4.38. The van der Waals surface area contributed by atoms with Crippen molar-refractivity contribution in [3.63, 3.8) is 0 Å². The van der Waals surface area contributed by atoms with E-state index in [0.717, 1.165) is 11.3 Å². The standard InChI is InChI=1S/C16H18FNO3/c1-19-14-9-16(21-3)15(20-2)8-11(14)10-18-13-6-4-12(17)5-7-13/h4-9,18H,10H2,1-3H3. The summed E-state index contributed by atoms with van der Waals surface area (Å²) in [6.07, 6.45) is 0. The van der Waals surface area contributed by atoms with Crippen molar-refractivity contribution < 1.29 is 18.6 Å². The number of hydrogen-bond donors (Lipinski definition) is 1. The molecule has 0 spiro atoms. The maximum atomic E-state index is 12.9. The number of ether oxygens (including phenoxy) is 3. The van der Waals surface area contributed by atoms with Gasteiger partial charge in [0.05, 0.1) is 21.3 Å². The molecule has 0 fully saturated rings. The van der Waals surface area contributed by atoms with Crippen LogP contribution in [-0.2, 0) is 6.54 Å². The maximum Gasteiger partial charge on any atom is 0.164 e. The monoisotopic (exact) mass is 291 g/mol. The lowest BCUT2D eigenvalue weighted by Crippen LogP contribution is -2.03. The van der Waals surface area contributed by atoms with Crippen molar-refractivity contribution in [3.8, 4) is 17.2 Å². The Morgan fingerprint density at radius 3 is 2.00 bits per heavy atom. The summed E-state index contributed by atoms with van der Waals surface area (Å²) in [4.78, 5) is 0. The highest BCUT2D eigenvalue weighted by atomic mass is 19.1. The molecular weight excluding hydrogens is 273 g/mol. The second-order valence-electron chi connectivity index (χ2n) is 4.38. The topological polar surface area (TPSA) is 39.7 Å². The minimum atomic E-state index is -0.260. The lowest BCUT2D eigenvalue weighted by Gasteiger charge is -2.15. The zero-order valence-electron chi connectivity index (χ0n) is 12.3. The molecule has 1 N–H and O–H groups in total. The lowest BCUT2D eigenvalue weighted by molar-refractivity contribution is 0.347. The van der Waals surface area contributed by atoms with Gasteiger partial charge in [0.1, 0.15) is 11.6 Å². The zero-order chi connectivity index (χ0) is 15.2. The predicted molar refractivity (Wildman–Crippen MR) is 79.8 cm³/mol. The van der Waals surface area contributed by atoms with E-state index in [1.165, 1.54) is 12.1 Å². The number of anilines is 1. The summed E-state index contributed by atoms with van der Waals surface area (Å²) < 4.78 is 28.8. The van der Waals surface area contributed by atoms with Crippen molar-refractivity contribution >= 4 is 5.69 Å². The average Bonchev–Trinajstić information content (AvgIpc) is 2.53. The Labute approximate surface area is 123 Å². The van der Waals surface area contributed by atoms with E-state index in [4.69, 9.17) is 14.2 Å². The van der Waals surface area contributed by atoms with Crippen molar-refractivity contribution in [1.29, 1.82) is 0 Å². The Balaban J connectivity index is 2.20. The fourth-order valence-corrected chi connectivity index (χ4v) is 2.00. The normalized spacial score (nSPS) is 10.1. The SMILES string of the molecule is COc1cc(OC)c(OC)cc1CNc1ccc(F)cc1. The number of benzene rings is 2. The molecule has 21 heavy (non-hydrogen) atoms. The van der Waals surface area contributed by atoms with Crippen molar-refractivity contribution in [2.45, 2.75) is 6.54 Å². The van der Waals surface area contributed by atoms with Gasteiger partial charge >= 0.3 is 0 Å². The first-order valence-electron chi connectivity index (χ1n) is 6.46. The van der Waals surface area contributed by atoms with E-state index in [1.54, 1.807) is 39.5 Å². The van der Waals surface area contributed by atoms with Crippen LogP contribution in [-0.4, -0.2) is 21.3 Å². The molecule has 2 rings (SSSR count). The van der Waals surface area contributed by atoms with Crippen LogP contribution in [0.3, 0.4) is 0 Å². The summed E-state index contributed by atoms with van der Waals surface area (Å²) in [6.45, 7) is 0.523. The average molecular weight is 291 g/mol. The van der Waals surface area contributed by atoms with Gasteiger partial charge in [-0.15, -0.1) is 0 Å². The van der Waals surface area contributed by atoms with Crippen LogP contribution in [0.2, 0.25) is 0 Å². The molecule has 0 saturated heterocycles. The molecule has 5 heteroatoms. The quantitative estimate of drug-likeness (QED) is 0.884. The van der Waals surface area contributed by atoms with Crippen LogP contribution in [0.5, 0.6) is 17.2 Å². The molecule has 112 valence electrons. The van der Waals surface area contributed by atoms with Crippen LogP contribution in [0.1, 0.15) is 5.56 Å². The fourth-order valence-electron chi connectivity index (χ4n) is 2.00. The Hall–Kier alpha value is -2.43. The highest BCUT2D eigenvalue weighted by molar-refractivity contribution is 5.52. The summed E-state index contributed by atoms with van der Waals surface area (Å²) >= 11 is 0. The van der Waals surface area contributed by atoms with Crippen molar-refractivity contribution in [3.05, 3.63) is 47.8 Å².